The number of carbonyl (C=O) groups excluding carboxylic acids is 1. The molecule has 0 saturated carbocycles. The van der Waals surface area contributed by atoms with E-state index in [1.807, 2.05) is 17.0 Å². The molecule has 2 aromatic rings. The van der Waals surface area contributed by atoms with Crippen molar-refractivity contribution < 1.29 is 4.79 Å². The van der Waals surface area contributed by atoms with Crippen LogP contribution < -0.4 is 5.32 Å². The molecular weight excluding hydrogens is 298 g/mol. The van der Waals surface area contributed by atoms with E-state index in [4.69, 9.17) is 11.6 Å². The van der Waals surface area contributed by atoms with Gasteiger partial charge in [0.05, 0.1) is 17.5 Å². The molecule has 0 aliphatic heterocycles. The third-order valence-corrected chi connectivity index (χ3v) is 3.40. The highest BCUT2D eigenvalue weighted by Crippen LogP contribution is 2.16. The number of rotatable bonds is 6. The summed E-state index contributed by atoms with van der Waals surface area (Å²) in [6.45, 7) is 1.35. The van der Waals surface area contributed by atoms with Crippen molar-refractivity contribution in [3.63, 3.8) is 0 Å². The van der Waals surface area contributed by atoms with Gasteiger partial charge >= 0.3 is 0 Å². The number of carbonyl (C=O) groups is 1. The molecule has 0 atom stereocenters. The minimum absolute atomic E-state index is 0.216. The molecule has 0 aliphatic rings. The summed E-state index contributed by atoms with van der Waals surface area (Å²) in [6, 6.07) is 0. The van der Waals surface area contributed by atoms with E-state index in [-0.39, 0.29) is 16.6 Å². The highest BCUT2D eigenvalue weighted by atomic mass is 35.5. The highest BCUT2D eigenvalue weighted by Gasteiger charge is 2.13. The topological polar surface area (TPSA) is 72.7 Å². The number of aromatic nitrogens is 4. The monoisotopic (exact) mass is 311 g/mol. The van der Waals surface area contributed by atoms with Crippen LogP contribution in [-0.2, 0) is 6.54 Å². The molecule has 2 rings (SSSR count). The van der Waals surface area contributed by atoms with Gasteiger partial charge in [-0.2, -0.15) is 0 Å². The Morgan fingerprint density at radius 1 is 1.55 bits per heavy atom. The predicted octanol–water partition coefficient (Wildman–Crippen LogP) is 1.87. The van der Waals surface area contributed by atoms with Crippen LogP contribution in [0.15, 0.2) is 30.1 Å². The average molecular weight is 312 g/mol. The maximum atomic E-state index is 12.0. The summed E-state index contributed by atoms with van der Waals surface area (Å²) < 4.78 is 1.95. The first kappa shape index (κ1) is 14.8. The van der Waals surface area contributed by atoms with Crippen molar-refractivity contribution in [3.05, 3.63) is 35.6 Å². The Balaban J connectivity index is 1.85. The van der Waals surface area contributed by atoms with E-state index in [2.05, 4.69) is 20.3 Å². The zero-order chi connectivity index (χ0) is 14.4. The Hall–Kier alpha value is -1.60. The second-order valence-electron chi connectivity index (χ2n) is 3.96. The van der Waals surface area contributed by atoms with Gasteiger partial charge in [-0.05, 0) is 12.7 Å². The molecule has 0 aromatic carbocycles. The Bertz CT molecular complexity index is 575. The minimum Gasteiger partial charge on any atom is -0.351 e. The number of nitrogens with one attached hydrogen (secondary N) is 1. The number of aryl methyl sites for hydroxylation is 1. The molecule has 0 saturated heterocycles. The fourth-order valence-corrected chi connectivity index (χ4v) is 2.09. The lowest BCUT2D eigenvalue weighted by Crippen LogP contribution is -2.26. The summed E-state index contributed by atoms with van der Waals surface area (Å²) in [6.07, 6.45) is 9.45. The van der Waals surface area contributed by atoms with E-state index < -0.39 is 0 Å². The SMILES string of the molecule is CSc1ncc(Cl)c(C(=O)NCCCn2ccnc2)n1. The third kappa shape index (κ3) is 3.94. The number of nitrogens with zero attached hydrogens (tertiary/aromatic N) is 4. The van der Waals surface area contributed by atoms with Gasteiger partial charge in [0.1, 0.15) is 0 Å². The van der Waals surface area contributed by atoms with Gasteiger partial charge in [0, 0.05) is 25.5 Å². The zero-order valence-electron chi connectivity index (χ0n) is 10.9. The van der Waals surface area contributed by atoms with Crippen LogP contribution in [-0.4, -0.2) is 38.2 Å². The van der Waals surface area contributed by atoms with Crippen LogP contribution in [0.5, 0.6) is 0 Å². The lowest BCUT2D eigenvalue weighted by atomic mass is 10.3. The van der Waals surface area contributed by atoms with Crippen molar-refractivity contribution in [3.8, 4) is 0 Å². The van der Waals surface area contributed by atoms with Crippen molar-refractivity contribution in [2.45, 2.75) is 18.1 Å². The maximum Gasteiger partial charge on any atom is 0.271 e. The van der Waals surface area contributed by atoms with E-state index in [1.165, 1.54) is 18.0 Å². The average Bonchev–Trinajstić information content (AvgIpc) is 2.97. The fraction of sp³-hybridized carbons (Fsp3) is 0.333. The number of halogens is 1. The van der Waals surface area contributed by atoms with Crippen LogP contribution in [0.2, 0.25) is 5.02 Å². The highest BCUT2D eigenvalue weighted by molar-refractivity contribution is 7.98. The summed E-state index contributed by atoms with van der Waals surface area (Å²) in [7, 11) is 0. The van der Waals surface area contributed by atoms with E-state index in [1.54, 1.807) is 12.5 Å². The lowest BCUT2D eigenvalue weighted by Gasteiger charge is -2.07. The van der Waals surface area contributed by atoms with Crippen LogP contribution in [0.1, 0.15) is 16.9 Å². The normalized spacial score (nSPS) is 10.5. The number of amides is 1. The van der Waals surface area contributed by atoms with E-state index in [0.29, 0.717) is 11.7 Å². The summed E-state index contributed by atoms with van der Waals surface area (Å²) in [5, 5.41) is 3.58. The van der Waals surface area contributed by atoms with E-state index >= 15 is 0 Å². The molecule has 8 heteroatoms. The summed E-state index contributed by atoms with van der Waals surface area (Å²) >= 11 is 7.30. The van der Waals surface area contributed by atoms with Gasteiger partial charge in [-0.1, -0.05) is 23.4 Å². The summed E-state index contributed by atoms with van der Waals surface area (Å²) in [5.41, 5.74) is 0.216. The number of hydrogen-bond donors (Lipinski definition) is 1. The quantitative estimate of drug-likeness (QED) is 0.501. The Kier molecular flexibility index (Phi) is 5.37. The lowest BCUT2D eigenvalue weighted by molar-refractivity contribution is 0.0947. The molecule has 106 valence electrons. The molecule has 1 N–H and O–H groups in total. The maximum absolute atomic E-state index is 12.0. The molecule has 6 nitrogen and oxygen atoms in total. The molecule has 0 spiro atoms. The Morgan fingerprint density at radius 2 is 2.40 bits per heavy atom. The van der Waals surface area contributed by atoms with Crippen molar-refractivity contribution in [2.24, 2.45) is 0 Å². The van der Waals surface area contributed by atoms with Gasteiger partial charge in [0.2, 0.25) is 0 Å². The van der Waals surface area contributed by atoms with Crippen LogP contribution in [0.3, 0.4) is 0 Å². The van der Waals surface area contributed by atoms with Gasteiger partial charge in [-0.15, -0.1) is 0 Å². The molecule has 0 bridgehead atoms. The predicted molar refractivity (Wildman–Crippen MR) is 78.0 cm³/mol. The first-order chi connectivity index (χ1) is 9.70. The number of thioether (sulfide) groups is 1. The van der Waals surface area contributed by atoms with Gasteiger partial charge in [-0.25, -0.2) is 15.0 Å². The number of hydrogen-bond acceptors (Lipinski definition) is 5. The molecule has 2 heterocycles. The fourth-order valence-electron chi connectivity index (χ4n) is 1.57. The summed E-state index contributed by atoms with van der Waals surface area (Å²) in [4.78, 5) is 24.0. The molecule has 0 unspecified atom stereocenters. The third-order valence-electron chi connectivity index (χ3n) is 2.56. The molecule has 20 heavy (non-hydrogen) atoms. The first-order valence-corrected chi connectivity index (χ1v) is 7.61. The molecule has 2 aromatic heterocycles. The van der Waals surface area contributed by atoms with E-state index in [0.717, 1.165) is 13.0 Å². The molecular formula is C12H14ClN5OS. The van der Waals surface area contributed by atoms with Crippen molar-refractivity contribution in [1.29, 1.82) is 0 Å². The largest absolute Gasteiger partial charge is 0.351 e. The van der Waals surface area contributed by atoms with Gasteiger partial charge < -0.3 is 9.88 Å². The van der Waals surface area contributed by atoms with Gasteiger partial charge in [-0.3, -0.25) is 4.79 Å². The van der Waals surface area contributed by atoms with Crippen LogP contribution in [0, 0.1) is 0 Å². The second-order valence-corrected chi connectivity index (χ2v) is 5.14. The van der Waals surface area contributed by atoms with Crippen molar-refractivity contribution in [1.82, 2.24) is 24.8 Å². The Morgan fingerprint density at radius 3 is 3.10 bits per heavy atom. The van der Waals surface area contributed by atoms with Crippen LogP contribution in [0.4, 0.5) is 0 Å². The Labute approximate surface area is 126 Å². The van der Waals surface area contributed by atoms with Crippen LogP contribution in [0.25, 0.3) is 0 Å². The molecule has 0 fully saturated rings. The van der Waals surface area contributed by atoms with Crippen molar-refractivity contribution in [2.75, 3.05) is 12.8 Å². The molecule has 0 radical (unpaired) electrons. The first-order valence-electron chi connectivity index (χ1n) is 6.01. The van der Waals surface area contributed by atoms with Crippen molar-refractivity contribution >= 4 is 29.3 Å². The smallest absolute Gasteiger partial charge is 0.271 e. The second kappa shape index (κ2) is 7.25. The molecule has 0 aliphatic carbocycles. The summed E-state index contributed by atoms with van der Waals surface area (Å²) in [5.74, 6) is -0.279. The van der Waals surface area contributed by atoms with Gasteiger partial charge in [0.25, 0.3) is 5.91 Å². The number of imidazole rings is 1. The van der Waals surface area contributed by atoms with Gasteiger partial charge in [0.15, 0.2) is 10.9 Å². The minimum atomic E-state index is -0.279. The standard InChI is InChI=1S/C12H14ClN5OS/c1-20-12-16-7-9(13)10(17-12)11(19)15-3-2-5-18-6-4-14-8-18/h4,6-8H,2-3,5H2,1H3,(H,15,19). The van der Waals surface area contributed by atoms with Crippen LogP contribution >= 0.6 is 23.4 Å². The zero-order valence-corrected chi connectivity index (χ0v) is 12.5. The molecule has 1 amide bonds. The van der Waals surface area contributed by atoms with E-state index in [9.17, 15) is 4.79 Å².